The van der Waals surface area contributed by atoms with Crippen molar-refractivity contribution < 1.29 is 39.9 Å². The number of carboxylic acids is 1. The minimum Gasteiger partial charge on any atom is -0.478 e. The molecule has 29 heavy (non-hydrogen) atoms. The van der Waals surface area contributed by atoms with Gasteiger partial charge in [-0.3, -0.25) is 4.79 Å². The molecule has 1 aromatic carbocycles. The molecule has 0 bridgehead atoms. The van der Waals surface area contributed by atoms with Crippen molar-refractivity contribution >= 4 is 18.0 Å². The number of hydrogen-bond donors (Lipinski definition) is 6. The summed E-state index contributed by atoms with van der Waals surface area (Å²) in [5.41, 5.74) is 0.874. The normalized spacial score (nSPS) is 24.1. The molecule has 1 amide bonds. The van der Waals surface area contributed by atoms with E-state index in [0.29, 0.717) is 0 Å². The third kappa shape index (κ3) is 5.64. The Balaban J connectivity index is 2.36. The summed E-state index contributed by atoms with van der Waals surface area (Å²) in [5, 5.41) is 51.7. The van der Waals surface area contributed by atoms with E-state index in [1.165, 1.54) is 6.92 Å². The lowest BCUT2D eigenvalue weighted by Crippen LogP contribution is -2.61. The Bertz CT molecular complexity index is 776. The summed E-state index contributed by atoms with van der Waals surface area (Å²) < 4.78 is 5.38. The van der Waals surface area contributed by atoms with Crippen molar-refractivity contribution in [3.63, 3.8) is 0 Å². The van der Waals surface area contributed by atoms with E-state index >= 15 is 0 Å². The van der Waals surface area contributed by atoms with Crippen LogP contribution < -0.4 is 5.32 Å². The van der Waals surface area contributed by atoms with Gasteiger partial charge in [-0.15, -0.1) is 0 Å². The largest absolute Gasteiger partial charge is 0.478 e. The van der Waals surface area contributed by atoms with Gasteiger partial charge in [-0.25, -0.2) is 4.79 Å². The minimum absolute atomic E-state index is 0.00497. The predicted octanol–water partition coefficient (Wildman–Crippen LogP) is -0.593. The average Bonchev–Trinajstić information content (AvgIpc) is 2.69. The SMILES string of the molecule is CC(=O)N[C@H]1[C@H]([C@@H](O)[C@H](O)CO)OC(C(=O)O)=C(C/C=C/c2ccccc2)[C@@H]1O. The number of aliphatic hydroxyl groups is 4. The van der Waals surface area contributed by atoms with Gasteiger partial charge in [0.25, 0.3) is 0 Å². The van der Waals surface area contributed by atoms with Gasteiger partial charge in [-0.1, -0.05) is 42.5 Å². The quantitative estimate of drug-likeness (QED) is 0.334. The summed E-state index contributed by atoms with van der Waals surface area (Å²) in [6, 6.07) is 7.99. The van der Waals surface area contributed by atoms with Crippen LogP contribution in [-0.2, 0) is 14.3 Å². The van der Waals surface area contributed by atoms with Crippen molar-refractivity contribution in [2.45, 2.75) is 43.8 Å². The Morgan fingerprint density at radius 3 is 2.45 bits per heavy atom. The second-order valence-corrected chi connectivity index (χ2v) is 6.67. The maximum Gasteiger partial charge on any atom is 0.371 e. The maximum absolute atomic E-state index is 11.7. The molecule has 0 spiro atoms. The average molecular weight is 407 g/mol. The van der Waals surface area contributed by atoms with Crippen molar-refractivity contribution in [3.8, 4) is 0 Å². The van der Waals surface area contributed by atoms with Gasteiger partial charge in [0.15, 0.2) is 6.10 Å². The third-order valence-electron chi connectivity index (χ3n) is 4.53. The third-order valence-corrected chi connectivity index (χ3v) is 4.53. The van der Waals surface area contributed by atoms with Gasteiger partial charge in [-0.2, -0.15) is 0 Å². The Morgan fingerprint density at radius 2 is 1.90 bits per heavy atom. The number of rotatable bonds is 8. The molecule has 9 nitrogen and oxygen atoms in total. The number of aliphatic carboxylic acids is 1. The first-order chi connectivity index (χ1) is 13.8. The number of aliphatic hydroxyl groups excluding tert-OH is 4. The van der Waals surface area contributed by atoms with Gasteiger partial charge < -0.3 is 35.6 Å². The fraction of sp³-hybridized carbons (Fsp3) is 0.400. The first-order valence-corrected chi connectivity index (χ1v) is 9.03. The van der Waals surface area contributed by atoms with Gasteiger partial charge in [0.05, 0.1) is 12.6 Å². The fourth-order valence-electron chi connectivity index (χ4n) is 3.11. The zero-order valence-corrected chi connectivity index (χ0v) is 15.8. The highest BCUT2D eigenvalue weighted by Gasteiger charge is 2.46. The van der Waals surface area contributed by atoms with Crippen molar-refractivity contribution in [1.82, 2.24) is 5.32 Å². The van der Waals surface area contributed by atoms with Crippen molar-refractivity contribution in [2.24, 2.45) is 0 Å². The van der Waals surface area contributed by atoms with Gasteiger partial charge in [0, 0.05) is 12.5 Å². The van der Waals surface area contributed by atoms with Gasteiger partial charge in [0.1, 0.15) is 18.3 Å². The molecule has 1 aliphatic rings. The summed E-state index contributed by atoms with van der Waals surface area (Å²) in [5.74, 6) is -2.60. The monoisotopic (exact) mass is 407 g/mol. The van der Waals surface area contributed by atoms with Crippen LogP contribution in [0, 0.1) is 0 Å². The van der Waals surface area contributed by atoms with Crippen LogP contribution in [0.15, 0.2) is 47.7 Å². The number of nitrogens with one attached hydrogen (secondary N) is 1. The predicted molar refractivity (Wildman–Crippen MR) is 102 cm³/mol. The number of carboxylic acid groups (broad SMARTS) is 1. The first kappa shape index (κ1) is 22.6. The molecule has 0 fully saturated rings. The van der Waals surface area contributed by atoms with Gasteiger partial charge >= 0.3 is 5.97 Å². The topological polar surface area (TPSA) is 157 Å². The highest BCUT2D eigenvalue weighted by Crippen LogP contribution is 2.30. The van der Waals surface area contributed by atoms with Crippen LogP contribution in [0.5, 0.6) is 0 Å². The number of benzene rings is 1. The molecule has 0 radical (unpaired) electrons. The Kier molecular flexibility index (Phi) is 7.91. The smallest absolute Gasteiger partial charge is 0.371 e. The number of ether oxygens (including phenoxy) is 1. The second kappa shape index (κ2) is 10.2. The van der Waals surface area contributed by atoms with Crippen LogP contribution in [0.1, 0.15) is 18.9 Å². The minimum atomic E-state index is -1.75. The number of carbonyl (C=O) groups is 2. The van der Waals surface area contributed by atoms with E-state index in [0.717, 1.165) is 5.56 Å². The molecule has 0 saturated heterocycles. The Morgan fingerprint density at radius 1 is 1.24 bits per heavy atom. The number of amides is 1. The lowest BCUT2D eigenvalue weighted by molar-refractivity contribution is -0.150. The van der Waals surface area contributed by atoms with E-state index in [-0.39, 0.29) is 12.0 Å². The number of carbonyl (C=O) groups excluding carboxylic acids is 1. The van der Waals surface area contributed by atoms with E-state index in [2.05, 4.69) is 5.32 Å². The highest BCUT2D eigenvalue weighted by atomic mass is 16.5. The first-order valence-electron chi connectivity index (χ1n) is 9.03. The molecule has 9 heteroatoms. The van der Waals surface area contributed by atoms with E-state index in [9.17, 15) is 30.0 Å². The zero-order valence-electron chi connectivity index (χ0n) is 15.8. The molecule has 2 rings (SSSR count). The second-order valence-electron chi connectivity index (χ2n) is 6.67. The lowest BCUT2D eigenvalue weighted by atomic mass is 9.87. The summed E-state index contributed by atoms with van der Waals surface area (Å²) >= 11 is 0. The van der Waals surface area contributed by atoms with E-state index in [1.54, 1.807) is 12.2 Å². The molecule has 6 N–H and O–H groups in total. The molecule has 0 aliphatic carbocycles. The molecule has 1 aliphatic heterocycles. The Hall–Kier alpha value is -2.72. The standard InChI is InChI=1S/C20H25NO8/c1-11(23)21-15-16(25)13(9-5-8-12-6-3-2-4-7-12)18(20(27)28)29-19(15)17(26)14(24)10-22/h2-8,14-17,19,22,24-26H,9-10H2,1H3,(H,21,23)(H,27,28)/b8-5+/t14-,15-,16+,17+,19-/m1/s1. The van der Waals surface area contributed by atoms with E-state index in [4.69, 9.17) is 9.84 Å². The lowest BCUT2D eigenvalue weighted by Gasteiger charge is -2.40. The highest BCUT2D eigenvalue weighted by molar-refractivity contribution is 5.86. The molecular formula is C20H25NO8. The number of hydrogen-bond acceptors (Lipinski definition) is 7. The van der Waals surface area contributed by atoms with Crippen LogP contribution in [0.2, 0.25) is 0 Å². The van der Waals surface area contributed by atoms with Crippen molar-refractivity contribution in [1.29, 1.82) is 0 Å². The molecule has 0 unspecified atom stereocenters. The van der Waals surface area contributed by atoms with E-state index in [1.807, 2.05) is 30.3 Å². The molecule has 158 valence electrons. The molecular weight excluding hydrogens is 382 g/mol. The van der Waals surface area contributed by atoms with Gasteiger partial charge in [-0.05, 0) is 12.0 Å². The van der Waals surface area contributed by atoms with Crippen LogP contribution in [0.4, 0.5) is 0 Å². The summed E-state index contributed by atoms with van der Waals surface area (Å²) in [4.78, 5) is 23.2. The van der Waals surface area contributed by atoms with Crippen molar-refractivity contribution in [3.05, 3.63) is 53.3 Å². The van der Waals surface area contributed by atoms with Gasteiger partial charge in [0.2, 0.25) is 11.7 Å². The molecule has 0 aromatic heterocycles. The van der Waals surface area contributed by atoms with Crippen LogP contribution in [0.3, 0.4) is 0 Å². The van der Waals surface area contributed by atoms with Crippen LogP contribution >= 0.6 is 0 Å². The molecule has 1 aromatic rings. The van der Waals surface area contributed by atoms with Crippen LogP contribution in [-0.4, -0.2) is 74.5 Å². The molecule has 0 saturated carbocycles. The van der Waals surface area contributed by atoms with Crippen molar-refractivity contribution in [2.75, 3.05) is 6.61 Å². The summed E-state index contributed by atoms with van der Waals surface area (Å²) in [6.07, 6.45) is -2.99. The van der Waals surface area contributed by atoms with Crippen LogP contribution in [0.25, 0.3) is 6.08 Å². The molecule has 5 atom stereocenters. The maximum atomic E-state index is 11.7. The Labute approximate surface area is 167 Å². The summed E-state index contributed by atoms with van der Waals surface area (Å²) in [6.45, 7) is 0.368. The number of allylic oxidation sites excluding steroid dienone is 1. The fourth-order valence-corrected chi connectivity index (χ4v) is 3.11. The van der Waals surface area contributed by atoms with E-state index < -0.39 is 54.7 Å². The summed E-state index contributed by atoms with van der Waals surface area (Å²) in [7, 11) is 0. The zero-order chi connectivity index (χ0) is 21.6. The molecule has 1 heterocycles.